The molecule has 4 rings (SSSR count). The standard InChI is InChI=1S/C21H22O/c1-13(14(2)22)19-15-8-4-5-9-16(12-15)20-17-10-6-7-11-18(17)21(19,20)3/h4-13,15,19-20H,1-3H3. The number of rotatable bonds is 2. The number of hydrogen-bond donors (Lipinski definition) is 0. The van der Waals surface area contributed by atoms with Gasteiger partial charge in [-0.05, 0) is 35.5 Å². The number of hydrogen-bond acceptors (Lipinski definition) is 1. The number of carbonyl (C=O) groups excluding carboxylic acids is 1. The van der Waals surface area contributed by atoms with Crippen LogP contribution < -0.4 is 0 Å². The lowest BCUT2D eigenvalue weighted by atomic mass is 9.43. The molecule has 0 saturated heterocycles. The van der Waals surface area contributed by atoms with Crippen LogP contribution in [0.3, 0.4) is 0 Å². The molecule has 0 aliphatic heterocycles. The van der Waals surface area contributed by atoms with Crippen molar-refractivity contribution in [2.45, 2.75) is 32.1 Å². The Morgan fingerprint density at radius 1 is 1.23 bits per heavy atom. The number of ketones is 1. The van der Waals surface area contributed by atoms with Crippen molar-refractivity contribution in [1.29, 1.82) is 0 Å². The first-order valence-electron chi connectivity index (χ1n) is 8.21. The molecule has 0 heterocycles. The molecular formula is C21H22O. The zero-order valence-corrected chi connectivity index (χ0v) is 13.4. The average molecular weight is 290 g/mol. The predicted molar refractivity (Wildman–Crippen MR) is 89.7 cm³/mol. The SMILES string of the molecule is CC(=O)C(C)C1C2C=CC=CC(=C2)C2c3ccccc3C21C. The van der Waals surface area contributed by atoms with E-state index in [0.29, 0.717) is 23.5 Å². The minimum Gasteiger partial charge on any atom is -0.300 e. The Balaban J connectivity index is 1.94. The molecule has 0 N–H and O–H groups in total. The van der Waals surface area contributed by atoms with Gasteiger partial charge in [-0.2, -0.15) is 0 Å². The maximum absolute atomic E-state index is 12.2. The van der Waals surface area contributed by atoms with Crippen molar-refractivity contribution in [3.63, 3.8) is 0 Å². The van der Waals surface area contributed by atoms with Gasteiger partial charge in [0.25, 0.3) is 0 Å². The van der Waals surface area contributed by atoms with Crippen LogP contribution in [0.1, 0.15) is 37.8 Å². The molecule has 0 aromatic heterocycles. The summed E-state index contributed by atoms with van der Waals surface area (Å²) < 4.78 is 0. The first-order valence-corrected chi connectivity index (χ1v) is 8.21. The van der Waals surface area contributed by atoms with Gasteiger partial charge in [0.05, 0.1) is 0 Å². The summed E-state index contributed by atoms with van der Waals surface area (Å²) in [4.78, 5) is 12.2. The van der Waals surface area contributed by atoms with Crippen molar-refractivity contribution in [1.82, 2.24) is 0 Å². The van der Waals surface area contributed by atoms with E-state index in [1.54, 1.807) is 6.92 Å². The Labute approximate surface area is 132 Å². The van der Waals surface area contributed by atoms with E-state index in [0.717, 1.165) is 0 Å². The molecular weight excluding hydrogens is 268 g/mol. The van der Waals surface area contributed by atoms with Gasteiger partial charge in [-0.25, -0.2) is 0 Å². The van der Waals surface area contributed by atoms with Gasteiger partial charge < -0.3 is 0 Å². The van der Waals surface area contributed by atoms with Crippen molar-refractivity contribution in [2.75, 3.05) is 0 Å². The fourth-order valence-electron chi connectivity index (χ4n) is 5.15. The molecule has 2 bridgehead atoms. The highest BCUT2D eigenvalue weighted by Gasteiger charge is 2.58. The number of allylic oxidation sites excluding steroid dienone is 6. The number of fused-ring (bicyclic) bond motifs is 6. The minimum absolute atomic E-state index is 0.0649. The summed E-state index contributed by atoms with van der Waals surface area (Å²) >= 11 is 0. The molecule has 0 fully saturated rings. The van der Waals surface area contributed by atoms with E-state index in [1.165, 1.54) is 16.7 Å². The van der Waals surface area contributed by atoms with Gasteiger partial charge in [0.15, 0.2) is 0 Å². The molecule has 0 saturated carbocycles. The van der Waals surface area contributed by atoms with Crippen molar-refractivity contribution in [3.05, 3.63) is 71.3 Å². The maximum Gasteiger partial charge on any atom is 0.132 e. The molecule has 5 unspecified atom stereocenters. The van der Waals surface area contributed by atoms with Gasteiger partial charge in [0, 0.05) is 17.3 Å². The van der Waals surface area contributed by atoms with Crippen molar-refractivity contribution in [3.8, 4) is 0 Å². The Kier molecular flexibility index (Phi) is 2.84. The summed E-state index contributed by atoms with van der Waals surface area (Å²) in [7, 11) is 0. The molecule has 3 aliphatic rings. The average Bonchev–Trinajstić information content (AvgIpc) is 2.70. The lowest BCUT2D eigenvalue weighted by molar-refractivity contribution is -0.123. The number of carbonyl (C=O) groups is 1. The van der Waals surface area contributed by atoms with Gasteiger partial charge in [-0.1, -0.05) is 68.5 Å². The monoisotopic (exact) mass is 290 g/mol. The Morgan fingerprint density at radius 2 is 2.00 bits per heavy atom. The zero-order chi connectivity index (χ0) is 15.5. The zero-order valence-electron chi connectivity index (χ0n) is 13.4. The maximum atomic E-state index is 12.2. The fourth-order valence-corrected chi connectivity index (χ4v) is 5.15. The summed E-state index contributed by atoms with van der Waals surface area (Å²) in [6.07, 6.45) is 11.2. The van der Waals surface area contributed by atoms with Crippen molar-refractivity contribution >= 4 is 5.78 Å². The van der Waals surface area contributed by atoms with Crippen LogP contribution in [0.4, 0.5) is 0 Å². The quantitative estimate of drug-likeness (QED) is 0.780. The van der Waals surface area contributed by atoms with Gasteiger partial charge in [-0.15, -0.1) is 0 Å². The van der Waals surface area contributed by atoms with Crippen LogP contribution in [0.2, 0.25) is 0 Å². The summed E-state index contributed by atoms with van der Waals surface area (Å²) in [6.45, 7) is 6.23. The van der Waals surface area contributed by atoms with E-state index in [2.05, 4.69) is 68.5 Å². The van der Waals surface area contributed by atoms with Gasteiger partial charge in [0.1, 0.15) is 5.78 Å². The van der Waals surface area contributed by atoms with E-state index in [1.807, 2.05) is 0 Å². The molecule has 1 nitrogen and oxygen atoms in total. The normalized spacial score (nSPS) is 35.6. The van der Waals surface area contributed by atoms with Gasteiger partial charge in [-0.3, -0.25) is 4.79 Å². The highest BCUT2D eigenvalue weighted by atomic mass is 16.1. The van der Waals surface area contributed by atoms with Crippen molar-refractivity contribution < 1.29 is 4.79 Å². The van der Waals surface area contributed by atoms with Gasteiger partial charge >= 0.3 is 0 Å². The molecule has 0 amide bonds. The summed E-state index contributed by atoms with van der Waals surface area (Å²) in [5, 5.41) is 0. The second kappa shape index (κ2) is 4.55. The van der Waals surface area contributed by atoms with Crippen LogP contribution in [-0.2, 0) is 10.2 Å². The predicted octanol–water partition coefficient (Wildman–Crippen LogP) is 4.57. The minimum atomic E-state index is 0.0649. The second-order valence-corrected chi connectivity index (χ2v) is 7.22. The lowest BCUT2D eigenvalue weighted by Gasteiger charge is -2.59. The van der Waals surface area contributed by atoms with Gasteiger partial charge in [0.2, 0.25) is 0 Å². The van der Waals surface area contributed by atoms with Crippen LogP contribution in [0.25, 0.3) is 0 Å². The van der Waals surface area contributed by atoms with Crippen LogP contribution in [0.5, 0.6) is 0 Å². The largest absolute Gasteiger partial charge is 0.300 e. The highest BCUT2D eigenvalue weighted by Crippen LogP contribution is 2.65. The first-order chi connectivity index (χ1) is 10.5. The molecule has 5 atom stereocenters. The molecule has 1 aromatic rings. The Hall–Kier alpha value is -1.89. The summed E-state index contributed by atoms with van der Waals surface area (Å²) in [5.74, 6) is 1.49. The van der Waals surface area contributed by atoms with E-state index >= 15 is 0 Å². The molecule has 22 heavy (non-hydrogen) atoms. The van der Waals surface area contributed by atoms with Crippen LogP contribution in [0.15, 0.2) is 60.2 Å². The summed E-state index contributed by atoms with van der Waals surface area (Å²) in [6, 6.07) is 8.78. The Morgan fingerprint density at radius 3 is 2.77 bits per heavy atom. The number of Topliss-reactive ketones (excluding diaryl/α,β-unsaturated/α-hetero) is 1. The van der Waals surface area contributed by atoms with Crippen LogP contribution in [-0.4, -0.2) is 5.78 Å². The molecule has 1 heteroatoms. The Bertz CT molecular complexity index is 736. The molecule has 0 radical (unpaired) electrons. The molecule has 0 spiro atoms. The van der Waals surface area contributed by atoms with Crippen molar-refractivity contribution in [2.24, 2.45) is 17.8 Å². The smallest absolute Gasteiger partial charge is 0.132 e. The first kappa shape index (κ1) is 13.8. The lowest BCUT2D eigenvalue weighted by Crippen LogP contribution is -2.54. The third-order valence-electron chi connectivity index (χ3n) is 6.19. The topological polar surface area (TPSA) is 17.1 Å². The third-order valence-corrected chi connectivity index (χ3v) is 6.19. The van der Waals surface area contributed by atoms with Crippen LogP contribution >= 0.6 is 0 Å². The molecule has 1 aromatic carbocycles. The fraction of sp³-hybridized carbons (Fsp3) is 0.381. The third kappa shape index (κ3) is 1.57. The van der Waals surface area contributed by atoms with E-state index in [4.69, 9.17) is 0 Å². The summed E-state index contributed by atoms with van der Waals surface area (Å²) in [5.41, 5.74) is 4.37. The van der Waals surface area contributed by atoms with E-state index in [-0.39, 0.29) is 11.3 Å². The van der Waals surface area contributed by atoms with E-state index < -0.39 is 0 Å². The second-order valence-electron chi connectivity index (χ2n) is 7.22. The van der Waals surface area contributed by atoms with Crippen LogP contribution in [0, 0.1) is 17.8 Å². The highest BCUT2D eigenvalue weighted by molar-refractivity contribution is 5.79. The van der Waals surface area contributed by atoms with E-state index in [9.17, 15) is 4.79 Å². The molecule has 3 aliphatic carbocycles. The molecule has 112 valence electrons. The number of benzene rings is 1.